The second-order valence-electron chi connectivity index (χ2n) is 3.73. The molecule has 1 saturated carbocycles. The third-order valence-electron chi connectivity index (χ3n) is 2.74. The molecule has 0 nitrogen and oxygen atoms in total. The number of hydrogen-bond acceptors (Lipinski definition) is 0. The van der Waals surface area contributed by atoms with Crippen molar-refractivity contribution in [1.29, 1.82) is 0 Å². The van der Waals surface area contributed by atoms with E-state index in [9.17, 15) is 4.39 Å². The van der Waals surface area contributed by atoms with Gasteiger partial charge in [-0.25, -0.2) is 4.39 Å². The first kappa shape index (κ1) is 9.20. The quantitative estimate of drug-likeness (QED) is 0.696. The molecule has 2 atom stereocenters. The van der Waals surface area contributed by atoms with E-state index in [4.69, 9.17) is 0 Å². The van der Waals surface area contributed by atoms with Crippen molar-refractivity contribution in [2.45, 2.75) is 19.3 Å². The van der Waals surface area contributed by atoms with Crippen LogP contribution < -0.4 is 0 Å². The monoisotopic (exact) mass is 242 g/mol. The van der Waals surface area contributed by atoms with Gasteiger partial charge in [-0.05, 0) is 36.3 Å². The van der Waals surface area contributed by atoms with E-state index in [-0.39, 0.29) is 5.82 Å². The first-order valence-corrected chi connectivity index (χ1v) is 5.67. The second kappa shape index (κ2) is 3.41. The fourth-order valence-electron chi connectivity index (χ4n) is 1.76. The van der Waals surface area contributed by atoms with Gasteiger partial charge in [0.15, 0.2) is 0 Å². The number of rotatable bonds is 2. The molecule has 0 amide bonds. The Bertz CT molecular complexity index is 322. The summed E-state index contributed by atoms with van der Waals surface area (Å²) in [5.74, 6) is 1.10. The lowest BCUT2D eigenvalue weighted by atomic mass is 10.1. The Morgan fingerprint density at radius 2 is 2.31 bits per heavy atom. The normalized spacial score (nSPS) is 26.1. The standard InChI is InChI=1S/C11H12BrF/c1-7-3-2-4-9(11(7)13)10-5-8(10)6-12/h2-4,8,10H,5-6H2,1H3. The van der Waals surface area contributed by atoms with Gasteiger partial charge in [0.1, 0.15) is 5.82 Å². The van der Waals surface area contributed by atoms with Gasteiger partial charge in [0.05, 0.1) is 0 Å². The molecule has 2 unspecified atom stereocenters. The van der Waals surface area contributed by atoms with Crippen LogP contribution in [0, 0.1) is 18.7 Å². The molecular weight excluding hydrogens is 231 g/mol. The van der Waals surface area contributed by atoms with Gasteiger partial charge in [0.25, 0.3) is 0 Å². The maximum absolute atomic E-state index is 13.6. The van der Waals surface area contributed by atoms with Gasteiger partial charge in [0, 0.05) is 5.33 Å². The Labute approximate surface area is 86.3 Å². The van der Waals surface area contributed by atoms with Gasteiger partial charge in [-0.1, -0.05) is 34.1 Å². The maximum atomic E-state index is 13.6. The Hall–Kier alpha value is -0.370. The molecular formula is C11H12BrF. The van der Waals surface area contributed by atoms with E-state index < -0.39 is 0 Å². The van der Waals surface area contributed by atoms with Gasteiger partial charge in [0.2, 0.25) is 0 Å². The summed E-state index contributed by atoms with van der Waals surface area (Å²) in [4.78, 5) is 0. The molecule has 1 aromatic carbocycles. The molecule has 0 saturated heterocycles. The van der Waals surface area contributed by atoms with Crippen LogP contribution in [-0.2, 0) is 0 Å². The van der Waals surface area contributed by atoms with Crippen molar-refractivity contribution in [3.8, 4) is 0 Å². The predicted octanol–water partition coefficient (Wildman–Crippen LogP) is 3.63. The first-order chi connectivity index (χ1) is 6.24. The van der Waals surface area contributed by atoms with Crippen LogP contribution in [0.3, 0.4) is 0 Å². The van der Waals surface area contributed by atoms with Gasteiger partial charge in [-0.3, -0.25) is 0 Å². The summed E-state index contributed by atoms with van der Waals surface area (Å²) in [7, 11) is 0. The van der Waals surface area contributed by atoms with Crippen LogP contribution in [0.4, 0.5) is 4.39 Å². The lowest BCUT2D eigenvalue weighted by Gasteiger charge is -2.03. The minimum atomic E-state index is -0.00375. The molecule has 0 N–H and O–H groups in total. The third kappa shape index (κ3) is 1.64. The third-order valence-corrected chi connectivity index (χ3v) is 3.57. The summed E-state index contributed by atoms with van der Waals surface area (Å²) in [6.45, 7) is 1.82. The van der Waals surface area contributed by atoms with Crippen molar-refractivity contribution >= 4 is 15.9 Å². The van der Waals surface area contributed by atoms with Gasteiger partial charge >= 0.3 is 0 Å². The molecule has 0 radical (unpaired) electrons. The van der Waals surface area contributed by atoms with Crippen molar-refractivity contribution in [3.63, 3.8) is 0 Å². The van der Waals surface area contributed by atoms with E-state index in [0.717, 1.165) is 22.9 Å². The van der Waals surface area contributed by atoms with Crippen LogP contribution in [0.5, 0.6) is 0 Å². The van der Waals surface area contributed by atoms with Gasteiger partial charge in [-0.2, -0.15) is 0 Å². The molecule has 13 heavy (non-hydrogen) atoms. The summed E-state index contributed by atoms with van der Waals surface area (Å²) in [6, 6.07) is 5.68. The SMILES string of the molecule is Cc1cccc(C2CC2CBr)c1F. The molecule has 0 aliphatic heterocycles. The summed E-state index contributed by atoms with van der Waals surface area (Å²) >= 11 is 3.43. The van der Waals surface area contributed by atoms with E-state index in [1.807, 2.05) is 25.1 Å². The van der Waals surface area contributed by atoms with Crippen molar-refractivity contribution < 1.29 is 4.39 Å². The number of benzene rings is 1. The van der Waals surface area contributed by atoms with E-state index in [0.29, 0.717) is 11.8 Å². The average molecular weight is 243 g/mol. The highest BCUT2D eigenvalue weighted by molar-refractivity contribution is 9.09. The largest absolute Gasteiger partial charge is 0.206 e. The fraction of sp³-hybridized carbons (Fsp3) is 0.455. The van der Waals surface area contributed by atoms with Gasteiger partial charge < -0.3 is 0 Å². The van der Waals surface area contributed by atoms with Crippen LogP contribution in [0.1, 0.15) is 23.5 Å². The Balaban J connectivity index is 2.27. The summed E-state index contributed by atoms with van der Waals surface area (Å²) < 4.78 is 13.6. The van der Waals surface area contributed by atoms with Crippen molar-refractivity contribution in [3.05, 3.63) is 35.1 Å². The number of halogens is 2. The summed E-state index contributed by atoms with van der Waals surface area (Å²) in [5, 5.41) is 0.991. The Morgan fingerprint density at radius 3 is 2.92 bits per heavy atom. The van der Waals surface area contributed by atoms with E-state index in [1.54, 1.807) is 0 Å². The van der Waals surface area contributed by atoms with Crippen LogP contribution in [0.2, 0.25) is 0 Å². The molecule has 1 aliphatic rings. The molecule has 2 rings (SSSR count). The second-order valence-corrected chi connectivity index (χ2v) is 4.38. The summed E-state index contributed by atoms with van der Waals surface area (Å²) in [5.41, 5.74) is 1.67. The minimum absolute atomic E-state index is 0.00375. The van der Waals surface area contributed by atoms with Crippen LogP contribution in [0.25, 0.3) is 0 Å². The fourth-order valence-corrected chi connectivity index (χ4v) is 2.47. The molecule has 0 heterocycles. The first-order valence-electron chi connectivity index (χ1n) is 4.55. The smallest absolute Gasteiger partial charge is 0.129 e. The van der Waals surface area contributed by atoms with Gasteiger partial charge in [-0.15, -0.1) is 0 Å². The van der Waals surface area contributed by atoms with Crippen LogP contribution in [-0.4, -0.2) is 5.33 Å². The Morgan fingerprint density at radius 1 is 1.54 bits per heavy atom. The predicted molar refractivity (Wildman–Crippen MR) is 55.8 cm³/mol. The van der Waals surface area contributed by atoms with Crippen molar-refractivity contribution in [2.24, 2.45) is 5.92 Å². The molecule has 2 heteroatoms. The summed E-state index contributed by atoms with van der Waals surface area (Å²) in [6.07, 6.45) is 1.13. The highest BCUT2D eigenvalue weighted by Crippen LogP contribution is 2.49. The maximum Gasteiger partial charge on any atom is 0.129 e. The van der Waals surface area contributed by atoms with Crippen molar-refractivity contribution in [2.75, 3.05) is 5.33 Å². The minimum Gasteiger partial charge on any atom is -0.206 e. The Kier molecular flexibility index (Phi) is 2.41. The molecule has 0 spiro atoms. The number of aryl methyl sites for hydroxylation is 1. The number of hydrogen-bond donors (Lipinski definition) is 0. The van der Waals surface area contributed by atoms with Crippen molar-refractivity contribution in [1.82, 2.24) is 0 Å². The molecule has 0 bridgehead atoms. The zero-order valence-electron chi connectivity index (χ0n) is 7.56. The molecule has 1 aliphatic carbocycles. The number of alkyl halides is 1. The molecule has 1 aromatic rings. The van der Waals surface area contributed by atoms with Crippen LogP contribution >= 0.6 is 15.9 Å². The molecule has 0 aromatic heterocycles. The van der Waals surface area contributed by atoms with E-state index in [1.165, 1.54) is 0 Å². The highest BCUT2D eigenvalue weighted by Gasteiger charge is 2.38. The molecule has 1 fully saturated rings. The lowest BCUT2D eigenvalue weighted by molar-refractivity contribution is 0.599. The zero-order chi connectivity index (χ0) is 9.42. The topological polar surface area (TPSA) is 0 Å². The molecule has 70 valence electrons. The lowest BCUT2D eigenvalue weighted by Crippen LogP contribution is -1.92. The highest BCUT2D eigenvalue weighted by atomic mass is 79.9. The van der Waals surface area contributed by atoms with E-state index in [2.05, 4.69) is 15.9 Å². The zero-order valence-corrected chi connectivity index (χ0v) is 9.14. The average Bonchev–Trinajstić information content (AvgIpc) is 2.89. The van der Waals surface area contributed by atoms with E-state index >= 15 is 0 Å². The van der Waals surface area contributed by atoms with Crippen LogP contribution in [0.15, 0.2) is 18.2 Å².